The summed E-state index contributed by atoms with van der Waals surface area (Å²) in [6, 6.07) is 5.88. The predicted molar refractivity (Wildman–Crippen MR) is 73.3 cm³/mol. The van der Waals surface area contributed by atoms with Gasteiger partial charge in [-0.15, -0.1) is 0 Å². The lowest BCUT2D eigenvalue weighted by Gasteiger charge is -2.17. The first-order chi connectivity index (χ1) is 9.17. The summed E-state index contributed by atoms with van der Waals surface area (Å²) >= 11 is 0. The number of benzene rings is 1. The van der Waals surface area contributed by atoms with Crippen LogP contribution in [0.25, 0.3) is 0 Å². The highest BCUT2D eigenvalue weighted by Crippen LogP contribution is 2.47. The van der Waals surface area contributed by atoms with Crippen molar-refractivity contribution in [2.24, 2.45) is 0 Å². The van der Waals surface area contributed by atoms with Crippen LogP contribution in [0.15, 0.2) is 18.2 Å². The second-order valence-corrected chi connectivity index (χ2v) is 6.25. The molecule has 0 spiro atoms. The summed E-state index contributed by atoms with van der Waals surface area (Å²) < 4.78 is 28.2. The van der Waals surface area contributed by atoms with Crippen molar-refractivity contribution in [3.05, 3.63) is 29.3 Å². The van der Waals surface area contributed by atoms with Crippen LogP contribution in [-0.2, 0) is 26.7 Å². The van der Waals surface area contributed by atoms with E-state index in [0.717, 1.165) is 13.1 Å². The van der Waals surface area contributed by atoms with E-state index >= 15 is 0 Å². The largest absolute Gasteiger partial charge is 0.481 e. The third-order valence-electron chi connectivity index (χ3n) is 2.85. The van der Waals surface area contributed by atoms with E-state index in [1.54, 1.807) is 13.8 Å². The number of fused-ring (bicyclic) bond motifs is 1. The Kier molecular flexibility index (Phi) is 4.99. The summed E-state index contributed by atoms with van der Waals surface area (Å²) in [6.45, 7) is 6.00. The summed E-state index contributed by atoms with van der Waals surface area (Å²) in [7, 11) is -3.14. The first kappa shape index (κ1) is 14.5. The van der Waals surface area contributed by atoms with Crippen molar-refractivity contribution >= 4 is 7.60 Å². The molecule has 1 aromatic carbocycles. The molecule has 0 saturated heterocycles. The lowest BCUT2D eigenvalue weighted by atomic mass is 10.1. The number of ether oxygens (including phenoxy) is 1. The molecule has 1 aliphatic rings. The Morgan fingerprint density at radius 3 is 2.53 bits per heavy atom. The molecule has 1 heterocycles. The van der Waals surface area contributed by atoms with Gasteiger partial charge in [0.15, 0.2) is 6.35 Å². The lowest BCUT2D eigenvalue weighted by Crippen LogP contribution is -2.06. The SMILES string of the molecule is CCOP(=O)(COc1ccc2c(c1)CNC2)OCC. The van der Waals surface area contributed by atoms with E-state index in [1.165, 1.54) is 11.1 Å². The summed E-state index contributed by atoms with van der Waals surface area (Å²) in [5, 5.41) is 3.27. The number of hydrogen-bond donors (Lipinski definition) is 1. The predicted octanol–water partition coefficient (Wildman–Crippen LogP) is 2.89. The van der Waals surface area contributed by atoms with Crippen LogP contribution < -0.4 is 10.1 Å². The monoisotopic (exact) mass is 285 g/mol. The van der Waals surface area contributed by atoms with Gasteiger partial charge in [-0.2, -0.15) is 0 Å². The highest BCUT2D eigenvalue weighted by molar-refractivity contribution is 7.53. The van der Waals surface area contributed by atoms with Crippen molar-refractivity contribution in [1.29, 1.82) is 0 Å². The van der Waals surface area contributed by atoms with Crippen molar-refractivity contribution < 1.29 is 18.3 Å². The number of nitrogens with one attached hydrogen (secondary N) is 1. The van der Waals surface area contributed by atoms with Crippen LogP contribution in [-0.4, -0.2) is 19.6 Å². The quantitative estimate of drug-likeness (QED) is 0.781. The van der Waals surface area contributed by atoms with Gasteiger partial charge in [0, 0.05) is 13.1 Å². The Labute approximate surface area is 113 Å². The van der Waals surface area contributed by atoms with E-state index in [-0.39, 0.29) is 6.35 Å². The van der Waals surface area contributed by atoms with Crippen molar-refractivity contribution in [1.82, 2.24) is 5.32 Å². The van der Waals surface area contributed by atoms with E-state index in [9.17, 15) is 4.57 Å². The second kappa shape index (κ2) is 6.53. The van der Waals surface area contributed by atoms with Crippen LogP contribution in [0.1, 0.15) is 25.0 Å². The van der Waals surface area contributed by atoms with E-state index < -0.39 is 7.60 Å². The van der Waals surface area contributed by atoms with Gasteiger partial charge in [0.25, 0.3) is 0 Å². The fourth-order valence-corrected chi connectivity index (χ4v) is 3.34. The molecule has 1 aliphatic heterocycles. The fraction of sp³-hybridized carbons (Fsp3) is 0.538. The molecular weight excluding hydrogens is 265 g/mol. The second-order valence-electron chi connectivity index (χ2n) is 4.25. The van der Waals surface area contributed by atoms with E-state index in [0.29, 0.717) is 19.0 Å². The topological polar surface area (TPSA) is 56.8 Å². The van der Waals surface area contributed by atoms with E-state index in [1.807, 2.05) is 18.2 Å². The molecule has 6 heteroatoms. The molecular formula is C13H20NO4P. The Bertz CT molecular complexity index is 468. The van der Waals surface area contributed by atoms with Crippen LogP contribution >= 0.6 is 7.60 Å². The maximum absolute atomic E-state index is 12.2. The molecule has 1 aromatic rings. The number of hydrogen-bond acceptors (Lipinski definition) is 5. The average Bonchev–Trinajstić information content (AvgIpc) is 2.84. The molecule has 0 saturated carbocycles. The molecule has 0 aliphatic carbocycles. The van der Waals surface area contributed by atoms with Crippen LogP contribution in [0.2, 0.25) is 0 Å². The van der Waals surface area contributed by atoms with Gasteiger partial charge in [0.1, 0.15) is 5.75 Å². The van der Waals surface area contributed by atoms with Gasteiger partial charge in [0.05, 0.1) is 13.2 Å². The zero-order valence-corrected chi connectivity index (χ0v) is 12.2. The van der Waals surface area contributed by atoms with E-state index in [4.69, 9.17) is 13.8 Å². The third kappa shape index (κ3) is 3.80. The maximum Gasteiger partial charge on any atom is 0.367 e. The Hall–Kier alpha value is -0.870. The van der Waals surface area contributed by atoms with Crippen LogP contribution in [0, 0.1) is 0 Å². The molecule has 0 radical (unpaired) electrons. The minimum absolute atomic E-state index is 0.0547. The Morgan fingerprint density at radius 1 is 1.16 bits per heavy atom. The van der Waals surface area contributed by atoms with Gasteiger partial charge in [-0.25, -0.2) is 0 Å². The maximum atomic E-state index is 12.2. The standard InChI is InChI=1S/C13H20NO4P/c1-3-17-19(15,18-4-2)10-16-13-6-5-11-8-14-9-12(11)7-13/h5-7,14H,3-4,8-10H2,1-2H3. The Morgan fingerprint density at radius 2 is 1.84 bits per heavy atom. The first-order valence-electron chi connectivity index (χ1n) is 6.50. The smallest absolute Gasteiger partial charge is 0.367 e. The highest BCUT2D eigenvalue weighted by Gasteiger charge is 2.24. The van der Waals surface area contributed by atoms with E-state index in [2.05, 4.69) is 5.32 Å². The zero-order chi connectivity index (χ0) is 13.7. The number of rotatable bonds is 7. The van der Waals surface area contributed by atoms with Gasteiger partial charge < -0.3 is 19.1 Å². The molecule has 5 nitrogen and oxygen atoms in total. The van der Waals surface area contributed by atoms with Crippen LogP contribution in [0.3, 0.4) is 0 Å². The van der Waals surface area contributed by atoms with Crippen LogP contribution in [0.5, 0.6) is 5.75 Å². The fourth-order valence-electron chi connectivity index (χ4n) is 2.02. The third-order valence-corrected chi connectivity index (χ3v) is 4.60. The summed E-state index contributed by atoms with van der Waals surface area (Å²) in [6.07, 6.45) is -0.0547. The molecule has 0 amide bonds. The van der Waals surface area contributed by atoms with Crippen molar-refractivity contribution in [2.75, 3.05) is 19.6 Å². The van der Waals surface area contributed by atoms with Crippen molar-refractivity contribution in [2.45, 2.75) is 26.9 Å². The molecule has 1 N–H and O–H groups in total. The summed E-state index contributed by atoms with van der Waals surface area (Å²) in [5.41, 5.74) is 2.50. The highest BCUT2D eigenvalue weighted by atomic mass is 31.2. The molecule has 19 heavy (non-hydrogen) atoms. The minimum Gasteiger partial charge on any atom is -0.481 e. The van der Waals surface area contributed by atoms with Gasteiger partial charge >= 0.3 is 7.60 Å². The minimum atomic E-state index is -3.14. The zero-order valence-electron chi connectivity index (χ0n) is 11.3. The molecule has 0 bridgehead atoms. The summed E-state index contributed by atoms with van der Waals surface area (Å²) in [4.78, 5) is 0. The van der Waals surface area contributed by atoms with Gasteiger partial charge in [-0.3, -0.25) is 4.57 Å². The molecule has 0 atom stereocenters. The molecule has 0 fully saturated rings. The molecule has 0 unspecified atom stereocenters. The first-order valence-corrected chi connectivity index (χ1v) is 8.23. The van der Waals surface area contributed by atoms with Gasteiger partial charge in [0.2, 0.25) is 0 Å². The van der Waals surface area contributed by atoms with Gasteiger partial charge in [-0.1, -0.05) is 6.07 Å². The van der Waals surface area contributed by atoms with Crippen LogP contribution in [0.4, 0.5) is 0 Å². The normalized spacial score (nSPS) is 14.4. The average molecular weight is 285 g/mol. The lowest BCUT2D eigenvalue weighted by molar-refractivity contribution is 0.197. The molecule has 0 aromatic heterocycles. The molecule has 106 valence electrons. The molecule has 2 rings (SSSR count). The Balaban J connectivity index is 1.99. The summed E-state index contributed by atoms with van der Waals surface area (Å²) in [5.74, 6) is 0.696. The van der Waals surface area contributed by atoms with Crippen molar-refractivity contribution in [3.63, 3.8) is 0 Å². The van der Waals surface area contributed by atoms with Crippen molar-refractivity contribution in [3.8, 4) is 5.75 Å². The van der Waals surface area contributed by atoms with Gasteiger partial charge in [-0.05, 0) is 37.1 Å².